The van der Waals surface area contributed by atoms with Gasteiger partial charge in [0, 0.05) is 26.1 Å². The van der Waals surface area contributed by atoms with Gasteiger partial charge in [0.2, 0.25) is 5.91 Å². The molecule has 0 aliphatic heterocycles. The van der Waals surface area contributed by atoms with Crippen molar-refractivity contribution in [1.82, 2.24) is 10.1 Å². The van der Waals surface area contributed by atoms with Crippen molar-refractivity contribution in [3.8, 4) is 0 Å². The average molecular weight is 288 g/mol. The van der Waals surface area contributed by atoms with Crippen molar-refractivity contribution in [2.24, 2.45) is 0 Å². The lowest BCUT2D eigenvalue weighted by molar-refractivity contribution is -0.116. The fourth-order valence-corrected chi connectivity index (χ4v) is 2.05. The van der Waals surface area contributed by atoms with E-state index in [1.165, 1.54) is 0 Å². The molecule has 0 aromatic carbocycles. The zero-order valence-electron chi connectivity index (χ0n) is 12.8. The predicted octanol–water partition coefficient (Wildman–Crippen LogP) is 2.32. The smallest absolute Gasteiger partial charge is 0.224 e. The average Bonchev–Trinajstić information content (AvgIpc) is 2.76. The van der Waals surface area contributed by atoms with Crippen molar-refractivity contribution in [1.29, 1.82) is 0 Å². The van der Waals surface area contributed by atoms with Crippen LogP contribution in [0.15, 0.2) is 22.9 Å². The largest absolute Gasteiger partial charge is 0.363 e. The van der Waals surface area contributed by atoms with Gasteiger partial charge in [-0.05, 0) is 32.4 Å². The fraction of sp³-hybridized carbons (Fsp3) is 0.400. The Morgan fingerprint density at radius 2 is 2.10 bits per heavy atom. The lowest BCUT2D eigenvalue weighted by Crippen LogP contribution is -2.14. The summed E-state index contributed by atoms with van der Waals surface area (Å²) in [6.45, 7) is 3.74. The van der Waals surface area contributed by atoms with Gasteiger partial charge < -0.3 is 14.7 Å². The number of aromatic nitrogens is 2. The molecule has 1 N–H and O–H groups in total. The van der Waals surface area contributed by atoms with Gasteiger partial charge in [-0.1, -0.05) is 5.16 Å². The van der Waals surface area contributed by atoms with Crippen LogP contribution >= 0.6 is 0 Å². The summed E-state index contributed by atoms with van der Waals surface area (Å²) in [5.74, 6) is 1.58. The highest BCUT2D eigenvalue weighted by Gasteiger charge is 2.11. The topological polar surface area (TPSA) is 71.3 Å². The highest BCUT2D eigenvalue weighted by atomic mass is 16.5. The second kappa shape index (κ2) is 6.39. The van der Waals surface area contributed by atoms with Crippen LogP contribution in [0.4, 0.5) is 11.5 Å². The van der Waals surface area contributed by atoms with E-state index in [1.807, 2.05) is 45.0 Å². The molecular formula is C15H20N4O2. The Morgan fingerprint density at radius 1 is 1.33 bits per heavy atom. The minimum Gasteiger partial charge on any atom is -0.363 e. The molecule has 0 saturated carbocycles. The molecule has 2 heterocycles. The third kappa shape index (κ3) is 3.81. The molecule has 0 bridgehead atoms. The molecule has 0 atom stereocenters. The van der Waals surface area contributed by atoms with E-state index < -0.39 is 0 Å². The first-order chi connectivity index (χ1) is 9.97. The minimum absolute atomic E-state index is 0.0468. The summed E-state index contributed by atoms with van der Waals surface area (Å²) in [4.78, 5) is 18.1. The zero-order chi connectivity index (χ0) is 15.4. The van der Waals surface area contributed by atoms with E-state index >= 15 is 0 Å². The summed E-state index contributed by atoms with van der Waals surface area (Å²) in [5, 5.41) is 6.72. The summed E-state index contributed by atoms with van der Waals surface area (Å²) in [6, 6.07) is 3.71. The second-order valence-electron chi connectivity index (χ2n) is 5.15. The van der Waals surface area contributed by atoms with Crippen LogP contribution < -0.4 is 10.2 Å². The van der Waals surface area contributed by atoms with Crippen LogP contribution in [0.3, 0.4) is 0 Å². The standard InChI is InChI=1S/C15H20N4O2/c1-10-13(11(2)21-18-10)6-8-15(20)17-12-5-7-14(16-9-12)19(3)4/h5,7,9H,6,8H2,1-4H3,(H,17,20). The third-order valence-corrected chi connectivity index (χ3v) is 3.27. The Bertz CT molecular complexity index is 598. The SMILES string of the molecule is Cc1noc(C)c1CCC(=O)Nc1ccc(N(C)C)nc1. The molecular weight excluding hydrogens is 268 g/mol. The molecule has 2 rings (SSSR count). The van der Waals surface area contributed by atoms with Crippen LogP contribution in [-0.4, -0.2) is 30.1 Å². The number of hydrogen-bond donors (Lipinski definition) is 1. The maximum Gasteiger partial charge on any atom is 0.224 e. The number of nitrogens with zero attached hydrogens (tertiary/aromatic N) is 3. The Labute approximate surface area is 124 Å². The number of anilines is 2. The van der Waals surface area contributed by atoms with Gasteiger partial charge in [-0.15, -0.1) is 0 Å². The molecule has 0 aliphatic carbocycles. The predicted molar refractivity (Wildman–Crippen MR) is 81.5 cm³/mol. The number of nitrogens with one attached hydrogen (secondary N) is 1. The van der Waals surface area contributed by atoms with Gasteiger partial charge in [-0.2, -0.15) is 0 Å². The van der Waals surface area contributed by atoms with E-state index in [-0.39, 0.29) is 5.91 Å². The molecule has 6 nitrogen and oxygen atoms in total. The summed E-state index contributed by atoms with van der Waals surface area (Å²) >= 11 is 0. The van der Waals surface area contributed by atoms with Gasteiger partial charge in [-0.3, -0.25) is 4.79 Å². The molecule has 6 heteroatoms. The molecule has 0 fully saturated rings. The summed E-state index contributed by atoms with van der Waals surface area (Å²) in [6.07, 6.45) is 2.66. The number of hydrogen-bond acceptors (Lipinski definition) is 5. The fourth-order valence-electron chi connectivity index (χ4n) is 2.05. The van der Waals surface area contributed by atoms with Crippen LogP contribution in [0.25, 0.3) is 0 Å². The second-order valence-corrected chi connectivity index (χ2v) is 5.15. The Morgan fingerprint density at radius 3 is 2.62 bits per heavy atom. The number of aryl methyl sites for hydroxylation is 2. The van der Waals surface area contributed by atoms with Crippen molar-refractivity contribution in [2.75, 3.05) is 24.3 Å². The van der Waals surface area contributed by atoms with Gasteiger partial charge in [0.1, 0.15) is 11.6 Å². The van der Waals surface area contributed by atoms with Gasteiger partial charge in [0.15, 0.2) is 0 Å². The third-order valence-electron chi connectivity index (χ3n) is 3.27. The Balaban J connectivity index is 1.90. The molecule has 0 unspecified atom stereocenters. The summed E-state index contributed by atoms with van der Waals surface area (Å²) < 4.78 is 5.09. The molecule has 0 saturated heterocycles. The van der Waals surface area contributed by atoms with Gasteiger partial charge in [0.25, 0.3) is 0 Å². The number of amides is 1. The first kappa shape index (κ1) is 15.0. The molecule has 2 aromatic rings. The first-order valence-electron chi connectivity index (χ1n) is 6.82. The van der Waals surface area contributed by atoms with E-state index in [4.69, 9.17) is 4.52 Å². The number of carbonyl (C=O) groups excluding carboxylic acids is 1. The van der Waals surface area contributed by atoms with E-state index in [0.717, 1.165) is 22.8 Å². The molecule has 0 aliphatic rings. The number of rotatable bonds is 5. The van der Waals surface area contributed by atoms with Crippen LogP contribution in [0, 0.1) is 13.8 Å². The lowest BCUT2D eigenvalue weighted by atomic mass is 10.1. The number of pyridine rings is 1. The summed E-state index contributed by atoms with van der Waals surface area (Å²) in [5.41, 5.74) is 2.55. The van der Waals surface area contributed by atoms with Crippen LogP contribution in [0.1, 0.15) is 23.4 Å². The quantitative estimate of drug-likeness (QED) is 0.914. The maximum atomic E-state index is 11.9. The van der Waals surface area contributed by atoms with Crippen molar-refractivity contribution < 1.29 is 9.32 Å². The summed E-state index contributed by atoms with van der Waals surface area (Å²) in [7, 11) is 3.84. The highest BCUT2D eigenvalue weighted by molar-refractivity contribution is 5.90. The molecule has 0 spiro atoms. The maximum absolute atomic E-state index is 11.9. The molecule has 1 amide bonds. The first-order valence-corrected chi connectivity index (χ1v) is 6.82. The van der Waals surface area contributed by atoms with Gasteiger partial charge >= 0.3 is 0 Å². The molecule has 0 radical (unpaired) electrons. The van der Waals surface area contributed by atoms with E-state index in [1.54, 1.807) is 6.20 Å². The highest BCUT2D eigenvalue weighted by Crippen LogP contribution is 2.15. The van der Waals surface area contributed by atoms with Crippen molar-refractivity contribution in [3.05, 3.63) is 35.3 Å². The molecule has 21 heavy (non-hydrogen) atoms. The van der Waals surface area contributed by atoms with Crippen molar-refractivity contribution in [3.63, 3.8) is 0 Å². The van der Waals surface area contributed by atoms with E-state index in [2.05, 4.69) is 15.5 Å². The lowest BCUT2D eigenvalue weighted by Gasteiger charge is -2.11. The Hall–Kier alpha value is -2.37. The van der Waals surface area contributed by atoms with Crippen molar-refractivity contribution >= 4 is 17.4 Å². The minimum atomic E-state index is -0.0468. The Kier molecular flexibility index (Phi) is 4.57. The van der Waals surface area contributed by atoms with E-state index in [0.29, 0.717) is 18.5 Å². The molecule has 2 aromatic heterocycles. The number of carbonyl (C=O) groups is 1. The van der Waals surface area contributed by atoms with Gasteiger partial charge in [0.05, 0.1) is 17.6 Å². The van der Waals surface area contributed by atoms with E-state index in [9.17, 15) is 4.79 Å². The van der Waals surface area contributed by atoms with Gasteiger partial charge in [-0.25, -0.2) is 4.98 Å². The van der Waals surface area contributed by atoms with Crippen LogP contribution in [-0.2, 0) is 11.2 Å². The van der Waals surface area contributed by atoms with Crippen molar-refractivity contribution in [2.45, 2.75) is 26.7 Å². The molecule has 112 valence electrons. The van der Waals surface area contributed by atoms with Crippen LogP contribution in [0.2, 0.25) is 0 Å². The van der Waals surface area contributed by atoms with Crippen LogP contribution in [0.5, 0.6) is 0 Å². The zero-order valence-corrected chi connectivity index (χ0v) is 12.8. The normalized spacial score (nSPS) is 10.5. The monoisotopic (exact) mass is 288 g/mol.